The summed E-state index contributed by atoms with van der Waals surface area (Å²) in [4.78, 5) is 2.67. The molecule has 0 aromatic rings. The van der Waals surface area contributed by atoms with Crippen LogP contribution < -0.4 is 5.32 Å². The van der Waals surface area contributed by atoms with Gasteiger partial charge in [-0.2, -0.15) is 0 Å². The Bertz CT molecular complexity index is 118. The van der Waals surface area contributed by atoms with Crippen molar-refractivity contribution in [1.82, 2.24) is 10.2 Å². The second-order valence-corrected chi connectivity index (χ2v) is 4.36. The predicted octanol–water partition coefficient (Wildman–Crippen LogP) is 2.89. The van der Waals surface area contributed by atoms with Gasteiger partial charge in [0, 0.05) is 12.6 Å². The number of hydrogen-bond donors (Lipinski definition) is 1. The molecule has 1 atom stereocenters. The normalized spacial score (nSPS) is 13.4. The third-order valence-corrected chi connectivity index (χ3v) is 3.03. The summed E-state index contributed by atoms with van der Waals surface area (Å²) in [5, 5.41) is 3.31. The van der Waals surface area contributed by atoms with E-state index in [-0.39, 0.29) is 0 Å². The van der Waals surface area contributed by atoms with Crippen LogP contribution in [0.4, 0.5) is 0 Å². The molecule has 0 aliphatic rings. The summed E-state index contributed by atoms with van der Waals surface area (Å²) in [6, 6.07) is 0.730. The highest BCUT2D eigenvalue weighted by atomic mass is 15.2. The van der Waals surface area contributed by atoms with Crippen LogP contribution in [0.2, 0.25) is 0 Å². The topological polar surface area (TPSA) is 15.3 Å². The summed E-state index contributed by atoms with van der Waals surface area (Å²) < 4.78 is 0. The van der Waals surface area contributed by atoms with Crippen molar-refractivity contribution < 1.29 is 0 Å². The summed E-state index contributed by atoms with van der Waals surface area (Å²) in [6.07, 6.45) is 6.54. The van der Waals surface area contributed by atoms with E-state index in [1.807, 2.05) is 0 Å². The van der Waals surface area contributed by atoms with Gasteiger partial charge in [-0.15, -0.1) is 0 Å². The Hall–Kier alpha value is -0.0800. The maximum Gasteiger partial charge on any atom is 0.0217 e. The lowest BCUT2D eigenvalue weighted by Crippen LogP contribution is -2.42. The minimum absolute atomic E-state index is 0.730. The molecule has 1 N–H and O–H groups in total. The van der Waals surface area contributed by atoms with Crippen LogP contribution >= 0.6 is 0 Å². The van der Waals surface area contributed by atoms with Gasteiger partial charge in [0.2, 0.25) is 0 Å². The highest BCUT2D eigenvalue weighted by molar-refractivity contribution is 4.72. The van der Waals surface area contributed by atoms with Crippen molar-refractivity contribution in [2.75, 3.05) is 26.7 Å². The molecule has 0 heterocycles. The molecule has 0 radical (unpaired) electrons. The quantitative estimate of drug-likeness (QED) is 0.601. The van der Waals surface area contributed by atoms with Gasteiger partial charge in [-0.3, -0.25) is 4.90 Å². The molecule has 1 unspecified atom stereocenters. The van der Waals surface area contributed by atoms with Gasteiger partial charge in [-0.05, 0) is 39.4 Å². The first-order valence-electron chi connectivity index (χ1n) is 6.68. The van der Waals surface area contributed by atoms with E-state index < -0.39 is 0 Å². The molecular weight excluding hydrogens is 184 g/mol. The first-order chi connectivity index (χ1) is 7.29. The fraction of sp³-hybridized carbons (Fsp3) is 1.00. The minimum Gasteiger partial charge on any atom is -0.318 e. The van der Waals surface area contributed by atoms with Gasteiger partial charge in [0.05, 0.1) is 0 Å². The van der Waals surface area contributed by atoms with Crippen LogP contribution in [0, 0.1) is 0 Å². The lowest BCUT2D eigenvalue weighted by Gasteiger charge is -2.31. The Balaban J connectivity index is 4.02. The van der Waals surface area contributed by atoms with E-state index in [0.29, 0.717) is 0 Å². The molecule has 0 aliphatic heterocycles. The zero-order valence-electron chi connectivity index (χ0n) is 11.2. The minimum atomic E-state index is 0.730. The van der Waals surface area contributed by atoms with Crippen molar-refractivity contribution in [3.63, 3.8) is 0 Å². The fourth-order valence-corrected chi connectivity index (χ4v) is 1.97. The maximum atomic E-state index is 3.31. The maximum absolute atomic E-state index is 3.31. The van der Waals surface area contributed by atoms with Crippen molar-refractivity contribution >= 4 is 0 Å². The molecule has 0 amide bonds. The van der Waals surface area contributed by atoms with E-state index in [4.69, 9.17) is 0 Å². The average molecular weight is 214 g/mol. The standard InChI is InChI=1S/C13H30N2/c1-5-8-10-15(11-9-6-2)13(7-3)12-14-4/h13-14H,5-12H2,1-4H3. The Morgan fingerprint density at radius 2 is 1.53 bits per heavy atom. The highest BCUT2D eigenvalue weighted by Crippen LogP contribution is 2.07. The smallest absolute Gasteiger partial charge is 0.0217 e. The van der Waals surface area contributed by atoms with E-state index >= 15 is 0 Å². The molecule has 2 nitrogen and oxygen atoms in total. The summed E-state index contributed by atoms with van der Waals surface area (Å²) in [5.74, 6) is 0. The Morgan fingerprint density at radius 3 is 1.87 bits per heavy atom. The number of hydrogen-bond acceptors (Lipinski definition) is 2. The van der Waals surface area contributed by atoms with Gasteiger partial charge in [0.1, 0.15) is 0 Å². The van der Waals surface area contributed by atoms with E-state index in [1.54, 1.807) is 0 Å². The summed E-state index contributed by atoms with van der Waals surface area (Å²) in [5.41, 5.74) is 0. The van der Waals surface area contributed by atoms with Crippen molar-refractivity contribution in [3.8, 4) is 0 Å². The third-order valence-electron chi connectivity index (χ3n) is 3.03. The van der Waals surface area contributed by atoms with Gasteiger partial charge in [-0.25, -0.2) is 0 Å². The van der Waals surface area contributed by atoms with Crippen LogP contribution in [0.25, 0.3) is 0 Å². The lowest BCUT2D eigenvalue weighted by molar-refractivity contribution is 0.183. The Kier molecular flexibility index (Phi) is 10.4. The Labute approximate surface area is 96.4 Å². The van der Waals surface area contributed by atoms with Crippen LogP contribution in [0.1, 0.15) is 52.9 Å². The highest BCUT2D eigenvalue weighted by Gasteiger charge is 2.14. The second-order valence-electron chi connectivity index (χ2n) is 4.36. The van der Waals surface area contributed by atoms with Crippen LogP contribution in [0.15, 0.2) is 0 Å². The molecule has 0 aromatic carbocycles. The SMILES string of the molecule is CCCCN(CCCC)C(CC)CNC. The van der Waals surface area contributed by atoms with Gasteiger partial charge >= 0.3 is 0 Å². The number of likely N-dealkylation sites (N-methyl/N-ethyl adjacent to an activating group) is 1. The lowest BCUT2D eigenvalue weighted by atomic mass is 10.1. The van der Waals surface area contributed by atoms with Crippen molar-refractivity contribution in [1.29, 1.82) is 0 Å². The number of nitrogens with one attached hydrogen (secondary N) is 1. The number of rotatable bonds is 10. The Morgan fingerprint density at radius 1 is 1.00 bits per heavy atom. The first-order valence-corrected chi connectivity index (χ1v) is 6.68. The molecule has 0 bridgehead atoms. The summed E-state index contributed by atoms with van der Waals surface area (Å²) in [6.45, 7) is 10.5. The largest absolute Gasteiger partial charge is 0.318 e. The zero-order valence-corrected chi connectivity index (χ0v) is 11.2. The summed E-state index contributed by atoms with van der Waals surface area (Å²) in [7, 11) is 2.06. The van der Waals surface area contributed by atoms with E-state index in [2.05, 4.69) is 38.0 Å². The molecule has 0 saturated heterocycles. The molecule has 15 heavy (non-hydrogen) atoms. The molecule has 0 saturated carbocycles. The van der Waals surface area contributed by atoms with Crippen LogP contribution in [0.3, 0.4) is 0 Å². The van der Waals surface area contributed by atoms with Crippen LogP contribution in [-0.2, 0) is 0 Å². The van der Waals surface area contributed by atoms with E-state index in [1.165, 1.54) is 45.2 Å². The van der Waals surface area contributed by atoms with Gasteiger partial charge in [0.25, 0.3) is 0 Å². The molecule has 0 spiro atoms. The first kappa shape index (κ1) is 14.9. The van der Waals surface area contributed by atoms with Gasteiger partial charge < -0.3 is 5.32 Å². The van der Waals surface area contributed by atoms with E-state index in [9.17, 15) is 0 Å². The zero-order chi connectivity index (χ0) is 11.5. The number of unbranched alkanes of at least 4 members (excludes halogenated alkanes) is 2. The molecule has 92 valence electrons. The number of nitrogens with zero attached hydrogens (tertiary/aromatic N) is 1. The van der Waals surface area contributed by atoms with Gasteiger partial charge in [0.15, 0.2) is 0 Å². The molecule has 0 rings (SSSR count). The van der Waals surface area contributed by atoms with Crippen LogP contribution in [-0.4, -0.2) is 37.6 Å². The monoisotopic (exact) mass is 214 g/mol. The van der Waals surface area contributed by atoms with E-state index in [0.717, 1.165) is 12.6 Å². The van der Waals surface area contributed by atoms with Crippen LogP contribution in [0.5, 0.6) is 0 Å². The molecule has 2 heteroatoms. The molecular formula is C13H30N2. The predicted molar refractivity (Wildman–Crippen MR) is 69.4 cm³/mol. The third kappa shape index (κ3) is 6.91. The van der Waals surface area contributed by atoms with Crippen molar-refractivity contribution in [3.05, 3.63) is 0 Å². The average Bonchev–Trinajstić information content (AvgIpc) is 2.27. The fourth-order valence-electron chi connectivity index (χ4n) is 1.97. The molecule has 0 fully saturated rings. The van der Waals surface area contributed by atoms with Gasteiger partial charge in [-0.1, -0.05) is 33.6 Å². The second kappa shape index (κ2) is 10.4. The molecule has 0 aromatic heterocycles. The van der Waals surface area contributed by atoms with Crippen molar-refractivity contribution in [2.24, 2.45) is 0 Å². The summed E-state index contributed by atoms with van der Waals surface area (Å²) >= 11 is 0. The molecule has 0 aliphatic carbocycles. The van der Waals surface area contributed by atoms with Crippen molar-refractivity contribution in [2.45, 2.75) is 58.9 Å².